The van der Waals surface area contributed by atoms with Gasteiger partial charge in [-0.25, -0.2) is 8.42 Å². The number of Topliss-reactive ketones (excluding diaryl/α,β-unsaturated/α-hetero) is 1. The van der Waals surface area contributed by atoms with Crippen molar-refractivity contribution < 1.29 is 18.0 Å². The first kappa shape index (κ1) is 22.7. The number of carbonyl (C=O) groups is 2. The van der Waals surface area contributed by atoms with Crippen LogP contribution in [0.3, 0.4) is 0 Å². The molecule has 1 saturated heterocycles. The average molecular weight is 493 g/mol. The Hall–Kier alpha value is -2.03. The van der Waals surface area contributed by atoms with Crippen LogP contribution in [0.4, 0.5) is 0 Å². The second-order valence-corrected chi connectivity index (χ2v) is 10.2. The van der Waals surface area contributed by atoms with Crippen molar-refractivity contribution in [2.75, 3.05) is 6.54 Å². The van der Waals surface area contributed by atoms with Crippen molar-refractivity contribution in [1.29, 1.82) is 0 Å². The molecule has 2 aromatic carbocycles. The number of hydrogen-bond acceptors (Lipinski definition) is 4. The number of sulfonamides is 1. The summed E-state index contributed by atoms with van der Waals surface area (Å²) in [6.45, 7) is 3.60. The average Bonchev–Trinajstić information content (AvgIpc) is 2.74. The van der Waals surface area contributed by atoms with E-state index in [0.29, 0.717) is 18.4 Å². The Bertz CT molecular complexity index is 1040. The molecule has 1 fully saturated rings. The molecule has 0 spiro atoms. The first-order chi connectivity index (χ1) is 14.2. The van der Waals surface area contributed by atoms with E-state index in [9.17, 15) is 18.0 Å². The van der Waals surface area contributed by atoms with Crippen LogP contribution in [0, 0.1) is 0 Å². The molecule has 1 aliphatic rings. The second kappa shape index (κ2) is 9.41. The van der Waals surface area contributed by atoms with Gasteiger partial charge < -0.3 is 5.32 Å². The summed E-state index contributed by atoms with van der Waals surface area (Å²) in [4.78, 5) is 24.6. The number of nitrogens with zero attached hydrogens (tertiary/aromatic N) is 1. The van der Waals surface area contributed by atoms with Crippen LogP contribution < -0.4 is 5.32 Å². The number of piperidine rings is 1. The number of ketones is 1. The molecule has 0 saturated carbocycles. The largest absolute Gasteiger partial charge is 0.348 e. The van der Waals surface area contributed by atoms with Gasteiger partial charge in [-0.2, -0.15) is 4.31 Å². The fourth-order valence-electron chi connectivity index (χ4n) is 3.67. The molecular weight excluding hydrogens is 468 g/mol. The van der Waals surface area contributed by atoms with Crippen LogP contribution in [0.15, 0.2) is 57.9 Å². The van der Waals surface area contributed by atoms with Gasteiger partial charge in [0, 0.05) is 16.6 Å². The topological polar surface area (TPSA) is 83.6 Å². The molecule has 0 aromatic heterocycles. The van der Waals surface area contributed by atoms with Crippen molar-refractivity contribution in [3.05, 3.63) is 64.1 Å². The molecule has 0 radical (unpaired) electrons. The van der Waals surface area contributed by atoms with E-state index in [2.05, 4.69) is 21.2 Å². The molecule has 6 nitrogen and oxygen atoms in total. The van der Waals surface area contributed by atoms with Gasteiger partial charge in [-0.3, -0.25) is 9.59 Å². The Kier molecular flexibility index (Phi) is 7.10. The summed E-state index contributed by atoms with van der Waals surface area (Å²) in [7, 11) is -3.86. The zero-order valence-corrected chi connectivity index (χ0v) is 19.4. The molecule has 1 heterocycles. The Morgan fingerprint density at radius 1 is 1.10 bits per heavy atom. The molecule has 2 unspecified atom stereocenters. The maximum atomic E-state index is 13.2. The maximum Gasteiger partial charge on any atom is 0.243 e. The van der Waals surface area contributed by atoms with Gasteiger partial charge in [-0.05, 0) is 50.5 Å². The Labute approximate surface area is 185 Å². The van der Waals surface area contributed by atoms with Gasteiger partial charge in [-0.15, -0.1) is 0 Å². The lowest BCUT2D eigenvalue weighted by molar-refractivity contribution is -0.126. The van der Waals surface area contributed by atoms with E-state index in [4.69, 9.17) is 0 Å². The molecule has 0 aliphatic carbocycles. The Morgan fingerprint density at radius 2 is 1.77 bits per heavy atom. The first-order valence-electron chi connectivity index (χ1n) is 9.89. The molecule has 0 bridgehead atoms. The lowest BCUT2D eigenvalue weighted by atomic mass is 10.0. The zero-order chi connectivity index (χ0) is 21.9. The van der Waals surface area contributed by atoms with Crippen molar-refractivity contribution in [3.8, 4) is 0 Å². The van der Waals surface area contributed by atoms with Gasteiger partial charge in [0.15, 0.2) is 5.78 Å². The van der Waals surface area contributed by atoms with Crippen LogP contribution in [0.25, 0.3) is 0 Å². The van der Waals surface area contributed by atoms with Gasteiger partial charge in [-0.1, -0.05) is 52.7 Å². The Morgan fingerprint density at radius 3 is 2.40 bits per heavy atom. The standard InChI is InChI=1S/C22H25BrN2O4S/c1-15(19-7-3-4-8-20(19)23)24-22(27)21-9-5-6-14-25(21)30(28,29)18-12-10-17(11-13-18)16(2)26/h3-4,7-8,10-13,15,21H,5-6,9,14H2,1-2H3,(H,24,27). The number of rotatable bonds is 6. The van der Waals surface area contributed by atoms with E-state index in [0.717, 1.165) is 16.5 Å². The predicted octanol–water partition coefficient (Wildman–Crippen LogP) is 4.07. The summed E-state index contributed by atoms with van der Waals surface area (Å²) in [5.74, 6) is -0.433. The second-order valence-electron chi connectivity index (χ2n) is 7.46. The van der Waals surface area contributed by atoms with E-state index in [1.165, 1.54) is 35.5 Å². The molecule has 1 amide bonds. The highest BCUT2D eigenvalue weighted by atomic mass is 79.9. The number of benzene rings is 2. The number of amides is 1. The van der Waals surface area contributed by atoms with Crippen LogP contribution >= 0.6 is 15.9 Å². The van der Waals surface area contributed by atoms with E-state index in [-0.39, 0.29) is 29.2 Å². The third kappa shape index (κ3) is 4.82. The lowest BCUT2D eigenvalue weighted by Gasteiger charge is -2.34. The zero-order valence-electron chi connectivity index (χ0n) is 17.0. The first-order valence-corrected chi connectivity index (χ1v) is 12.1. The summed E-state index contributed by atoms with van der Waals surface area (Å²) in [5, 5.41) is 2.96. The highest BCUT2D eigenvalue weighted by Gasteiger charge is 2.38. The minimum atomic E-state index is -3.86. The maximum absolute atomic E-state index is 13.2. The molecule has 1 aliphatic heterocycles. The quantitative estimate of drug-likeness (QED) is 0.615. The van der Waals surface area contributed by atoms with Crippen LogP contribution in [-0.2, 0) is 14.8 Å². The summed E-state index contributed by atoms with van der Waals surface area (Å²) in [5.41, 5.74) is 1.38. The van der Waals surface area contributed by atoms with Crippen LogP contribution in [0.5, 0.6) is 0 Å². The van der Waals surface area contributed by atoms with Crippen molar-refractivity contribution >= 4 is 37.6 Å². The monoisotopic (exact) mass is 492 g/mol. The van der Waals surface area contributed by atoms with Gasteiger partial charge in [0.2, 0.25) is 15.9 Å². The number of carbonyl (C=O) groups excluding carboxylic acids is 2. The SMILES string of the molecule is CC(=O)c1ccc(S(=O)(=O)N2CCCCC2C(=O)NC(C)c2ccccc2Br)cc1. The third-order valence-corrected chi connectivity index (χ3v) is 8.00. The number of hydrogen-bond donors (Lipinski definition) is 1. The van der Waals surface area contributed by atoms with Gasteiger partial charge in [0.05, 0.1) is 10.9 Å². The van der Waals surface area contributed by atoms with E-state index >= 15 is 0 Å². The molecule has 2 aromatic rings. The van der Waals surface area contributed by atoms with Crippen LogP contribution in [0.1, 0.15) is 55.1 Å². The van der Waals surface area contributed by atoms with Crippen LogP contribution in [0.2, 0.25) is 0 Å². The number of nitrogens with one attached hydrogen (secondary N) is 1. The van der Waals surface area contributed by atoms with Crippen molar-refractivity contribution in [2.45, 2.75) is 50.1 Å². The molecule has 3 rings (SSSR count). The minimum absolute atomic E-state index is 0.0889. The molecule has 160 valence electrons. The minimum Gasteiger partial charge on any atom is -0.348 e. The van der Waals surface area contributed by atoms with Gasteiger partial charge in [0.1, 0.15) is 6.04 Å². The summed E-state index contributed by atoms with van der Waals surface area (Å²) in [6.07, 6.45) is 1.96. The number of halogens is 1. The lowest BCUT2D eigenvalue weighted by Crippen LogP contribution is -2.52. The van der Waals surface area contributed by atoms with Gasteiger partial charge >= 0.3 is 0 Å². The summed E-state index contributed by atoms with van der Waals surface area (Å²) < 4.78 is 28.7. The fourth-order valence-corrected chi connectivity index (χ4v) is 5.95. The predicted molar refractivity (Wildman–Crippen MR) is 119 cm³/mol. The highest BCUT2D eigenvalue weighted by molar-refractivity contribution is 9.10. The molecule has 1 N–H and O–H groups in total. The van der Waals surface area contributed by atoms with E-state index < -0.39 is 16.1 Å². The molecular formula is C22H25BrN2O4S. The normalized spacial score (nSPS) is 18.6. The Balaban J connectivity index is 1.82. The highest BCUT2D eigenvalue weighted by Crippen LogP contribution is 2.28. The van der Waals surface area contributed by atoms with Crippen LogP contribution in [-0.4, -0.2) is 37.0 Å². The van der Waals surface area contributed by atoms with Crippen molar-refractivity contribution in [1.82, 2.24) is 9.62 Å². The summed E-state index contributed by atoms with van der Waals surface area (Å²) in [6, 6.07) is 12.4. The third-order valence-electron chi connectivity index (χ3n) is 5.35. The van der Waals surface area contributed by atoms with E-state index in [1.807, 2.05) is 31.2 Å². The van der Waals surface area contributed by atoms with E-state index in [1.54, 1.807) is 0 Å². The smallest absolute Gasteiger partial charge is 0.243 e. The molecule has 2 atom stereocenters. The molecule has 30 heavy (non-hydrogen) atoms. The fraction of sp³-hybridized carbons (Fsp3) is 0.364. The van der Waals surface area contributed by atoms with Crippen molar-refractivity contribution in [3.63, 3.8) is 0 Å². The molecule has 8 heteroatoms. The van der Waals surface area contributed by atoms with Gasteiger partial charge in [0.25, 0.3) is 0 Å². The summed E-state index contributed by atoms with van der Waals surface area (Å²) >= 11 is 3.49. The van der Waals surface area contributed by atoms with Crippen molar-refractivity contribution in [2.24, 2.45) is 0 Å².